The molecule has 7 heteroatoms. The van der Waals surface area contributed by atoms with Gasteiger partial charge in [-0.05, 0) is 43.2 Å². The van der Waals surface area contributed by atoms with Gasteiger partial charge in [0.15, 0.2) is 11.4 Å². The Bertz CT molecular complexity index is 583. The summed E-state index contributed by atoms with van der Waals surface area (Å²) in [5, 5.41) is 19.4. The van der Waals surface area contributed by atoms with Crippen LogP contribution in [-0.2, 0) is 6.42 Å². The number of hydrogen-bond acceptors (Lipinski definition) is 5. The molecule has 1 saturated heterocycles. The van der Waals surface area contributed by atoms with Gasteiger partial charge in [-0.15, -0.1) is 10.2 Å². The quantitative estimate of drug-likeness (QED) is 0.810. The summed E-state index contributed by atoms with van der Waals surface area (Å²) in [5.41, 5.74) is 1.24. The van der Waals surface area contributed by atoms with Crippen molar-refractivity contribution in [1.29, 1.82) is 0 Å². The van der Waals surface area contributed by atoms with Crippen LogP contribution in [0.5, 0.6) is 0 Å². The number of likely N-dealkylation sites (tertiary alicyclic amines) is 1. The van der Waals surface area contributed by atoms with Crippen LogP contribution in [0.3, 0.4) is 0 Å². The zero-order valence-corrected chi connectivity index (χ0v) is 14.4. The first-order chi connectivity index (χ1) is 11.5. The summed E-state index contributed by atoms with van der Waals surface area (Å²) in [6.45, 7) is 5.61. The third-order valence-corrected chi connectivity index (χ3v) is 3.98. The SMILES string of the molecule is CC(C)Cc1cc(C(=O)N2CCCCC2)nnc1C(=O)NCCO. The molecule has 0 atom stereocenters. The first-order valence-corrected chi connectivity index (χ1v) is 8.58. The summed E-state index contributed by atoms with van der Waals surface area (Å²) in [7, 11) is 0. The largest absolute Gasteiger partial charge is 0.395 e. The molecule has 0 aliphatic carbocycles. The fraction of sp³-hybridized carbons (Fsp3) is 0.647. The lowest BCUT2D eigenvalue weighted by Gasteiger charge is -2.26. The molecule has 0 unspecified atom stereocenters. The summed E-state index contributed by atoms with van der Waals surface area (Å²) in [5.74, 6) is -0.171. The summed E-state index contributed by atoms with van der Waals surface area (Å²) in [4.78, 5) is 26.6. The van der Waals surface area contributed by atoms with Crippen LogP contribution in [0.15, 0.2) is 6.07 Å². The molecule has 0 bridgehead atoms. The minimum Gasteiger partial charge on any atom is -0.395 e. The fourth-order valence-electron chi connectivity index (χ4n) is 2.83. The lowest BCUT2D eigenvalue weighted by Crippen LogP contribution is -2.36. The van der Waals surface area contributed by atoms with E-state index in [4.69, 9.17) is 5.11 Å². The monoisotopic (exact) mass is 334 g/mol. The third kappa shape index (κ3) is 4.74. The van der Waals surface area contributed by atoms with Crippen molar-refractivity contribution < 1.29 is 14.7 Å². The number of amides is 2. The zero-order chi connectivity index (χ0) is 17.5. The Labute approximate surface area is 142 Å². The van der Waals surface area contributed by atoms with Crippen molar-refractivity contribution in [2.75, 3.05) is 26.2 Å². The normalized spacial score (nSPS) is 14.8. The van der Waals surface area contributed by atoms with E-state index in [1.165, 1.54) is 0 Å². The topological polar surface area (TPSA) is 95.4 Å². The molecule has 2 amide bonds. The Morgan fingerprint density at radius 1 is 1.25 bits per heavy atom. The van der Waals surface area contributed by atoms with Crippen LogP contribution >= 0.6 is 0 Å². The molecule has 1 fully saturated rings. The number of carbonyl (C=O) groups is 2. The highest BCUT2D eigenvalue weighted by molar-refractivity contribution is 5.96. The predicted octanol–water partition coefficient (Wildman–Crippen LogP) is 1.02. The summed E-state index contributed by atoms with van der Waals surface area (Å²) in [6.07, 6.45) is 3.81. The van der Waals surface area contributed by atoms with Gasteiger partial charge >= 0.3 is 0 Å². The molecule has 1 aromatic heterocycles. The molecule has 2 heterocycles. The molecule has 0 saturated carbocycles. The highest BCUT2D eigenvalue weighted by atomic mass is 16.3. The number of rotatable bonds is 6. The van der Waals surface area contributed by atoms with Crippen LogP contribution in [0, 0.1) is 5.92 Å². The van der Waals surface area contributed by atoms with Gasteiger partial charge in [0.1, 0.15) is 0 Å². The van der Waals surface area contributed by atoms with E-state index in [-0.39, 0.29) is 30.7 Å². The Balaban J connectivity index is 2.24. The molecule has 1 aliphatic rings. The highest BCUT2D eigenvalue weighted by Gasteiger charge is 2.23. The van der Waals surface area contributed by atoms with Crippen molar-refractivity contribution in [2.45, 2.75) is 39.5 Å². The van der Waals surface area contributed by atoms with Crippen molar-refractivity contribution in [3.63, 3.8) is 0 Å². The molecule has 0 aromatic carbocycles. The van der Waals surface area contributed by atoms with Crippen molar-refractivity contribution in [1.82, 2.24) is 20.4 Å². The van der Waals surface area contributed by atoms with E-state index in [0.717, 1.165) is 37.9 Å². The molecule has 1 aliphatic heterocycles. The minimum atomic E-state index is -0.371. The number of aliphatic hydroxyl groups is 1. The van der Waals surface area contributed by atoms with Gasteiger partial charge in [-0.1, -0.05) is 13.8 Å². The molecular weight excluding hydrogens is 308 g/mol. The Kier molecular flexibility index (Phi) is 6.66. The maximum absolute atomic E-state index is 12.6. The number of aliphatic hydroxyl groups excluding tert-OH is 1. The number of hydrogen-bond donors (Lipinski definition) is 2. The van der Waals surface area contributed by atoms with Gasteiger partial charge in [0.25, 0.3) is 11.8 Å². The van der Waals surface area contributed by atoms with Crippen molar-refractivity contribution in [3.8, 4) is 0 Å². The summed E-state index contributed by atoms with van der Waals surface area (Å²) >= 11 is 0. The lowest BCUT2D eigenvalue weighted by atomic mass is 10.0. The molecular formula is C17H26N4O3. The van der Waals surface area contributed by atoms with Crippen LogP contribution in [0.2, 0.25) is 0 Å². The van der Waals surface area contributed by atoms with E-state index in [0.29, 0.717) is 18.0 Å². The lowest BCUT2D eigenvalue weighted by molar-refractivity contribution is 0.0716. The molecule has 132 valence electrons. The summed E-state index contributed by atoms with van der Waals surface area (Å²) < 4.78 is 0. The van der Waals surface area contributed by atoms with Crippen LogP contribution in [0.4, 0.5) is 0 Å². The van der Waals surface area contributed by atoms with Gasteiger partial charge in [0, 0.05) is 19.6 Å². The average molecular weight is 334 g/mol. The van der Waals surface area contributed by atoms with E-state index in [1.54, 1.807) is 11.0 Å². The van der Waals surface area contributed by atoms with Gasteiger partial charge in [-0.3, -0.25) is 9.59 Å². The van der Waals surface area contributed by atoms with Crippen LogP contribution in [-0.4, -0.2) is 58.3 Å². The third-order valence-electron chi connectivity index (χ3n) is 3.98. The van der Waals surface area contributed by atoms with Crippen molar-refractivity contribution >= 4 is 11.8 Å². The molecule has 2 N–H and O–H groups in total. The molecule has 7 nitrogen and oxygen atoms in total. The fourth-order valence-corrected chi connectivity index (χ4v) is 2.83. The average Bonchev–Trinajstić information content (AvgIpc) is 2.59. The first-order valence-electron chi connectivity index (χ1n) is 8.58. The van der Waals surface area contributed by atoms with E-state index in [9.17, 15) is 9.59 Å². The maximum Gasteiger partial charge on any atom is 0.274 e. The van der Waals surface area contributed by atoms with Crippen LogP contribution in [0.1, 0.15) is 59.7 Å². The number of carbonyl (C=O) groups excluding carboxylic acids is 2. The number of nitrogens with one attached hydrogen (secondary N) is 1. The molecule has 2 rings (SSSR count). The smallest absolute Gasteiger partial charge is 0.274 e. The molecule has 24 heavy (non-hydrogen) atoms. The van der Waals surface area contributed by atoms with Gasteiger partial charge in [0.05, 0.1) is 6.61 Å². The van der Waals surface area contributed by atoms with Crippen molar-refractivity contribution in [2.24, 2.45) is 5.92 Å². The maximum atomic E-state index is 12.6. The number of nitrogens with zero attached hydrogens (tertiary/aromatic N) is 3. The van der Waals surface area contributed by atoms with Crippen molar-refractivity contribution in [3.05, 3.63) is 23.0 Å². The van der Waals surface area contributed by atoms with Gasteiger partial charge in [0.2, 0.25) is 0 Å². The van der Waals surface area contributed by atoms with Crippen LogP contribution in [0.25, 0.3) is 0 Å². The van der Waals surface area contributed by atoms with E-state index in [2.05, 4.69) is 15.5 Å². The predicted molar refractivity (Wildman–Crippen MR) is 89.7 cm³/mol. The van der Waals surface area contributed by atoms with Gasteiger partial charge < -0.3 is 15.3 Å². The second kappa shape index (κ2) is 8.73. The van der Waals surface area contributed by atoms with E-state index < -0.39 is 0 Å². The Morgan fingerprint density at radius 2 is 1.96 bits per heavy atom. The van der Waals surface area contributed by atoms with Crippen LogP contribution < -0.4 is 5.32 Å². The molecule has 0 spiro atoms. The first kappa shape index (κ1) is 18.3. The standard InChI is InChI=1S/C17H26N4O3/c1-12(2)10-13-11-14(17(24)21-7-4-3-5-8-21)19-20-15(13)16(23)18-6-9-22/h11-12,22H,3-10H2,1-2H3,(H,18,23). The van der Waals surface area contributed by atoms with E-state index >= 15 is 0 Å². The summed E-state index contributed by atoms with van der Waals surface area (Å²) in [6, 6.07) is 1.69. The molecule has 0 radical (unpaired) electrons. The number of piperidine rings is 1. The number of aromatic nitrogens is 2. The second-order valence-electron chi connectivity index (χ2n) is 6.53. The zero-order valence-electron chi connectivity index (χ0n) is 14.4. The van der Waals surface area contributed by atoms with Gasteiger partial charge in [-0.2, -0.15) is 0 Å². The van der Waals surface area contributed by atoms with E-state index in [1.807, 2.05) is 13.8 Å². The highest BCUT2D eigenvalue weighted by Crippen LogP contribution is 2.16. The minimum absolute atomic E-state index is 0.116. The Morgan fingerprint density at radius 3 is 2.58 bits per heavy atom. The second-order valence-corrected chi connectivity index (χ2v) is 6.53. The Hall–Kier alpha value is -2.02. The molecule has 1 aromatic rings. The van der Waals surface area contributed by atoms with Gasteiger partial charge in [-0.25, -0.2) is 0 Å².